The van der Waals surface area contributed by atoms with E-state index in [0.717, 1.165) is 59.9 Å². The van der Waals surface area contributed by atoms with Crippen LogP contribution in [-0.4, -0.2) is 41.4 Å². The fourth-order valence-electron chi connectivity index (χ4n) is 4.05. The third-order valence-electron chi connectivity index (χ3n) is 5.62. The molecule has 5 nitrogen and oxygen atoms in total. The lowest BCUT2D eigenvalue weighted by molar-refractivity contribution is 0.645. The lowest BCUT2D eigenvalue weighted by atomic mass is 10.0. The number of fused-ring (bicyclic) bond motifs is 1. The van der Waals surface area contributed by atoms with E-state index in [-0.39, 0.29) is 0 Å². The molecule has 0 N–H and O–H groups in total. The van der Waals surface area contributed by atoms with Gasteiger partial charge in [0, 0.05) is 66.5 Å². The van der Waals surface area contributed by atoms with Crippen molar-refractivity contribution in [2.45, 2.75) is 6.42 Å². The zero-order chi connectivity index (χ0) is 20.3. The van der Waals surface area contributed by atoms with Gasteiger partial charge in [-0.2, -0.15) is 5.10 Å². The minimum Gasteiger partial charge on any atom is -0.368 e. The first-order chi connectivity index (χ1) is 14.8. The van der Waals surface area contributed by atoms with Gasteiger partial charge in [0.2, 0.25) is 0 Å². The molecule has 0 saturated carbocycles. The Morgan fingerprint density at radius 2 is 1.50 bits per heavy atom. The fraction of sp³-hybridized carbons (Fsp3) is 0.208. The van der Waals surface area contributed by atoms with Crippen LogP contribution in [-0.2, 0) is 6.42 Å². The number of anilines is 2. The van der Waals surface area contributed by atoms with Crippen molar-refractivity contribution < 1.29 is 0 Å². The molecule has 4 aromatic rings. The van der Waals surface area contributed by atoms with Crippen LogP contribution in [0.4, 0.5) is 11.5 Å². The van der Waals surface area contributed by atoms with Gasteiger partial charge in [0.1, 0.15) is 0 Å². The highest BCUT2D eigenvalue weighted by Crippen LogP contribution is 2.29. The molecule has 0 unspecified atom stereocenters. The molecule has 3 heterocycles. The van der Waals surface area contributed by atoms with Crippen LogP contribution in [0, 0.1) is 0 Å². The second-order valence-electron chi connectivity index (χ2n) is 7.50. The van der Waals surface area contributed by atoms with Crippen molar-refractivity contribution in [3.63, 3.8) is 0 Å². The summed E-state index contributed by atoms with van der Waals surface area (Å²) in [7, 11) is 0. The second kappa shape index (κ2) is 8.28. The molecular weight excluding hydrogens is 394 g/mol. The molecule has 1 saturated heterocycles. The summed E-state index contributed by atoms with van der Waals surface area (Å²) in [5.74, 6) is 0.967. The molecule has 1 fully saturated rings. The quantitative estimate of drug-likeness (QED) is 0.487. The number of hydrogen-bond donors (Lipinski definition) is 0. The molecule has 0 atom stereocenters. The molecule has 2 aromatic carbocycles. The number of halogens is 1. The summed E-state index contributed by atoms with van der Waals surface area (Å²) in [6, 6.07) is 20.6. The van der Waals surface area contributed by atoms with Crippen LogP contribution in [0.2, 0.25) is 5.02 Å². The topological polar surface area (TPSA) is 45.2 Å². The van der Waals surface area contributed by atoms with Gasteiger partial charge in [-0.1, -0.05) is 41.9 Å². The predicted octanol–water partition coefficient (Wildman–Crippen LogP) is 4.60. The third-order valence-corrected chi connectivity index (χ3v) is 5.85. The molecule has 1 aliphatic heterocycles. The molecule has 150 valence electrons. The van der Waals surface area contributed by atoms with Crippen molar-refractivity contribution in [1.29, 1.82) is 0 Å². The van der Waals surface area contributed by atoms with Crippen LogP contribution in [0.15, 0.2) is 73.1 Å². The molecule has 0 bridgehead atoms. The number of rotatable bonds is 4. The van der Waals surface area contributed by atoms with Crippen LogP contribution in [0.5, 0.6) is 0 Å². The Morgan fingerprint density at radius 3 is 2.27 bits per heavy atom. The lowest BCUT2D eigenvalue weighted by Crippen LogP contribution is -2.47. The molecule has 5 rings (SSSR count). The zero-order valence-corrected chi connectivity index (χ0v) is 17.3. The summed E-state index contributed by atoms with van der Waals surface area (Å²) in [6.07, 6.45) is 4.39. The summed E-state index contributed by atoms with van der Waals surface area (Å²) in [6.45, 7) is 3.65. The normalized spacial score (nSPS) is 14.3. The van der Waals surface area contributed by atoms with Crippen LogP contribution >= 0.6 is 11.6 Å². The molecule has 30 heavy (non-hydrogen) atoms. The first kappa shape index (κ1) is 18.8. The summed E-state index contributed by atoms with van der Waals surface area (Å²) in [5.41, 5.74) is 3.36. The van der Waals surface area contributed by atoms with Crippen LogP contribution < -0.4 is 9.80 Å². The Morgan fingerprint density at radius 1 is 0.767 bits per heavy atom. The number of hydrogen-bond acceptors (Lipinski definition) is 5. The average Bonchev–Trinajstić information content (AvgIpc) is 2.80. The second-order valence-corrected chi connectivity index (χ2v) is 7.94. The fourth-order valence-corrected chi connectivity index (χ4v) is 4.24. The van der Waals surface area contributed by atoms with Crippen LogP contribution in [0.3, 0.4) is 0 Å². The summed E-state index contributed by atoms with van der Waals surface area (Å²) < 4.78 is 0. The van der Waals surface area contributed by atoms with Crippen LogP contribution in [0.1, 0.15) is 11.3 Å². The lowest BCUT2D eigenvalue weighted by Gasteiger charge is -2.37. The average molecular weight is 416 g/mol. The Balaban J connectivity index is 1.40. The highest BCUT2D eigenvalue weighted by molar-refractivity contribution is 6.30. The van der Waals surface area contributed by atoms with Crippen LogP contribution in [0.25, 0.3) is 10.8 Å². The molecule has 2 aromatic heterocycles. The van der Waals surface area contributed by atoms with E-state index in [1.807, 2.05) is 42.7 Å². The molecule has 0 amide bonds. The predicted molar refractivity (Wildman–Crippen MR) is 122 cm³/mol. The van der Waals surface area contributed by atoms with Crippen molar-refractivity contribution in [3.8, 4) is 0 Å². The van der Waals surface area contributed by atoms with Gasteiger partial charge in [-0.3, -0.25) is 4.98 Å². The van der Waals surface area contributed by atoms with Gasteiger partial charge in [0.15, 0.2) is 5.82 Å². The SMILES string of the molecule is Clc1cccc(N2CCN(c3nnc(Cc4ccncc4)c4ccccc34)CC2)c1. The maximum Gasteiger partial charge on any atom is 0.159 e. The molecule has 0 aliphatic carbocycles. The smallest absolute Gasteiger partial charge is 0.159 e. The van der Waals surface area contributed by atoms with E-state index < -0.39 is 0 Å². The zero-order valence-electron chi connectivity index (χ0n) is 16.6. The van der Waals surface area contributed by atoms with Gasteiger partial charge in [0.25, 0.3) is 0 Å². The minimum absolute atomic E-state index is 0.749. The number of nitrogens with zero attached hydrogens (tertiary/aromatic N) is 5. The first-order valence-electron chi connectivity index (χ1n) is 10.2. The van der Waals surface area contributed by atoms with Crippen molar-refractivity contribution in [3.05, 3.63) is 89.3 Å². The Kier molecular flexibility index (Phi) is 5.20. The molecule has 1 aliphatic rings. The Labute approximate surface area is 180 Å². The summed E-state index contributed by atoms with van der Waals surface area (Å²) >= 11 is 6.17. The van der Waals surface area contributed by atoms with Gasteiger partial charge in [-0.15, -0.1) is 5.10 Å². The summed E-state index contributed by atoms with van der Waals surface area (Å²) in [4.78, 5) is 8.81. The molecule has 0 spiro atoms. The highest BCUT2D eigenvalue weighted by Gasteiger charge is 2.21. The number of pyridine rings is 1. The van der Waals surface area contributed by atoms with Crippen molar-refractivity contribution in [2.24, 2.45) is 0 Å². The van der Waals surface area contributed by atoms with Gasteiger partial charge in [0.05, 0.1) is 5.69 Å². The van der Waals surface area contributed by atoms with E-state index in [9.17, 15) is 0 Å². The van der Waals surface area contributed by atoms with Gasteiger partial charge in [-0.05, 0) is 35.9 Å². The molecular formula is C24H22ClN5. The van der Waals surface area contributed by atoms with E-state index in [1.54, 1.807) is 0 Å². The molecule has 0 radical (unpaired) electrons. The highest BCUT2D eigenvalue weighted by atomic mass is 35.5. The van der Waals surface area contributed by atoms with Crippen molar-refractivity contribution in [2.75, 3.05) is 36.0 Å². The van der Waals surface area contributed by atoms with Gasteiger partial charge >= 0.3 is 0 Å². The number of benzene rings is 2. The van der Waals surface area contributed by atoms with Gasteiger partial charge in [-0.25, -0.2) is 0 Å². The maximum atomic E-state index is 6.17. The Bertz CT molecular complexity index is 1160. The van der Waals surface area contributed by atoms with Crippen molar-refractivity contribution in [1.82, 2.24) is 15.2 Å². The van der Waals surface area contributed by atoms with E-state index >= 15 is 0 Å². The third kappa shape index (κ3) is 3.81. The number of aromatic nitrogens is 3. The molecule has 6 heteroatoms. The van der Waals surface area contributed by atoms with Crippen molar-refractivity contribution >= 4 is 33.9 Å². The monoisotopic (exact) mass is 415 g/mol. The Hall–Kier alpha value is -3.18. The minimum atomic E-state index is 0.749. The van der Waals surface area contributed by atoms with E-state index in [0.29, 0.717) is 0 Å². The standard InChI is InChI=1S/C24H22ClN5/c25-19-4-3-5-20(17-19)29-12-14-30(15-13-29)24-22-7-2-1-6-21(22)23(27-28-24)16-18-8-10-26-11-9-18/h1-11,17H,12-16H2. The first-order valence-corrected chi connectivity index (χ1v) is 10.5. The van der Waals surface area contributed by atoms with Gasteiger partial charge < -0.3 is 9.80 Å². The summed E-state index contributed by atoms with van der Waals surface area (Å²) in [5, 5.41) is 12.4. The number of piperazine rings is 1. The van der Waals surface area contributed by atoms with E-state index in [4.69, 9.17) is 11.6 Å². The van der Waals surface area contributed by atoms with E-state index in [1.165, 1.54) is 11.3 Å². The van der Waals surface area contributed by atoms with E-state index in [2.05, 4.69) is 55.3 Å². The maximum absolute atomic E-state index is 6.17. The largest absolute Gasteiger partial charge is 0.368 e.